The molecule has 4 rings (SSSR count). The molecule has 0 fully saturated rings. The van der Waals surface area contributed by atoms with Gasteiger partial charge in [-0.1, -0.05) is 11.6 Å². The summed E-state index contributed by atoms with van der Waals surface area (Å²) < 4.78 is 81.0. The zero-order valence-electron chi connectivity index (χ0n) is 18.3. The average molecular weight is 503 g/mol. The number of nitrogens with zero attached hydrogens (tertiary/aromatic N) is 4. The van der Waals surface area contributed by atoms with Gasteiger partial charge >= 0.3 is 6.18 Å². The van der Waals surface area contributed by atoms with Gasteiger partial charge in [0.2, 0.25) is 10.0 Å². The maximum absolute atomic E-state index is 14.8. The summed E-state index contributed by atoms with van der Waals surface area (Å²) in [4.78, 5) is 7.71. The minimum Gasteiger partial charge on any atom is -0.288 e. The number of benzene rings is 1. The van der Waals surface area contributed by atoms with Crippen molar-refractivity contribution < 1.29 is 26.0 Å². The molecule has 1 atom stereocenters. The molecular weight excluding hydrogens is 486 g/mol. The molecule has 35 heavy (non-hydrogen) atoms. The molecule has 1 N–H and O–H groups in total. The lowest BCUT2D eigenvalue weighted by molar-refractivity contribution is -0.147. The second-order valence-corrected chi connectivity index (χ2v) is 9.48. The maximum Gasteiger partial charge on any atom is 0.404 e. The van der Waals surface area contributed by atoms with Crippen LogP contribution in [-0.4, -0.2) is 35.2 Å². The molecule has 3 aromatic heterocycles. The highest BCUT2D eigenvalue weighted by molar-refractivity contribution is 7.89. The zero-order valence-corrected chi connectivity index (χ0v) is 19.1. The quantitative estimate of drug-likeness (QED) is 0.400. The molecular formula is C23H17F4N5O2S. The molecule has 0 saturated carbocycles. The summed E-state index contributed by atoms with van der Waals surface area (Å²) in [7, 11) is -4.53. The lowest BCUT2D eigenvalue weighted by atomic mass is 10.1. The Bertz CT molecular complexity index is 1570. The van der Waals surface area contributed by atoms with Crippen LogP contribution in [0.4, 0.5) is 17.6 Å². The molecule has 1 aromatic carbocycles. The van der Waals surface area contributed by atoms with Crippen molar-refractivity contribution in [3.63, 3.8) is 0 Å². The van der Waals surface area contributed by atoms with E-state index in [2.05, 4.69) is 16.0 Å². The first-order chi connectivity index (χ1) is 16.4. The van der Waals surface area contributed by atoms with E-state index in [4.69, 9.17) is 0 Å². The van der Waals surface area contributed by atoms with Crippen LogP contribution in [-0.2, 0) is 10.0 Å². The van der Waals surface area contributed by atoms with E-state index in [0.29, 0.717) is 17.8 Å². The Morgan fingerprint density at radius 1 is 1.14 bits per heavy atom. The Labute approximate surface area is 197 Å². The number of alkyl halides is 3. The average Bonchev–Trinajstić information content (AvgIpc) is 3.11. The van der Waals surface area contributed by atoms with Crippen molar-refractivity contribution in [3.05, 3.63) is 71.8 Å². The number of halogens is 4. The summed E-state index contributed by atoms with van der Waals surface area (Å²) >= 11 is 0. The van der Waals surface area contributed by atoms with Gasteiger partial charge in [-0.2, -0.15) is 23.2 Å². The largest absolute Gasteiger partial charge is 0.404 e. The van der Waals surface area contributed by atoms with Gasteiger partial charge in [0, 0.05) is 17.8 Å². The summed E-state index contributed by atoms with van der Waals surface area (Å²) in [6, 6.07) is 9.93. The molecule has 0 amide bonds. The number of aromatic nitrogens is 3. The predicted octanol–water partition coefficient (Wildman–Crippen LogP) is 4.64. The molecule has 0 radical (unpaired) electrons. The second kappa shape index (κ2) is 8.75. The van der Waals surface area contributed by atoms with Gasteiger partial charge in [0.05, 0.1) is 22.5 Å². The van der Waals surface area contributed by atoms with Gasteiger partial charge in [-0.15, -0.1) is 0 Å². The number of pyridine rings is 2. The minimum atomic E-state index is -4.77. The Balaban J connectivity index is 1.90. The summed E-state index contributed by atoms with van der Waals surface area (Å²) in [6.45, 7) is 2.51. The number of hydrogen-bond donors (Lipinski definition) is 1. The smallest absolute Gasteiger partial charge is 0.288 e. The van der Waals surface area contributed by atoms with Crippen molar-refractivity contribution in [2.45, 2.75) is 31.0 Å². The van der Waals surface area contributed by atoms with Crippen LogP contribution in [0.1, 0.15) is 18.1 Å². The Morgan fingerprint density at radius 2 is 1.89 bits per heavy atom. The minimum absolute atomic E-state index is 0.1000. The Hall–Kier alpha value is -3.82. The highest BCUT2D eigenvalue weighted by Crippen LogP contribution is 2.36. The standard InChI is InChI=1S/C23H17F4N5O2S/c1-13-5-8-20-16(10-13)17(11-28)21(32(20)22-18(24)4-3-9-29-22)19-7-6-15(12-30-19)35(33,34)31-14(2)23(25,26)27/h3-10,12,14,31H,1-2H3. The van der Waals surface area contributed by atoms with Crippen LogP contribution >= 0.6 is 0 Å². The number of nitrogens with one attached hydrogen (secondary N) is 1. The summed E-state index contributed by atoms with van der Waals surface area (Å²) in [5.74, 6) is -0.766. The molecule has 0 aliphatic heterocycles. The molecule has 0 saturated heterocycles. The first kappa shape index (κ1) is 24.3. The fraction of sp³-hybridized carbons (Fsp3) is 0.174. The van der Waals surface area contributed by atoms with Gasteiger partial charge in [-0.05, 0) is 50.2 Å². The van der Waals surface area contributed by atoms with Gasteiger partial charge in [0.25, 0.3) is 0 Å². The molecule has 0 aliphatic carbocycles. The molecule has 180 valence electrons. The number of sulfonamides is 1. The molecule has 0 aliphatic rings. The SMILES string of the molecule is Cc1ccc2c(c1)c(C#N)c(-c1ccc(S(=O)(=O)NC(C)C(F)(F)F)cn1)n2-c1ncccc1F. The highest BCUT2D eigenvalue weighted by Gasteiger charge is 2.39. The fourth-order valence-electron chi connectivity index (χ4n) is 3.57. The van der Waals surface area contributed by atoms with Crippen molar-refractivity contribution >= 4 is 20.9 Å². The maximum atomic E-state index is 14.8. The van der Waals surface area contributed by atoms with Crippen molar-refractivity contribution in [1.82, 2.24) is 19.3 Å². The van der Waals surface area contributed by atoms with Gasteiger partial charge in [0.15, 0.2) is 11.6 Å². The van der Waals surface area contributed by atoms with E-state index in [1.165, 1.54) is 29.0 Å². The summed E-state index contributed by atoms with van der Waals surface area (Å²) in [6.07, 6.45) is -2.51. The van der Waals surface area contributed by atoms with E-state index in [1.807, 2.05) is 6.92 Å². The number of aryl methyl sites for hydroxylation is 1. The summed E-state index contributed by atoms with van der Waals surface area (Å²) in [5.41, 5.74) is 1.73. The molecule has 0 bridgehead atoms. The van der Waals surface area contributed by atoms with Gasteiger partial charge in [-0.25, -0.2) is 17.8 Å². The van der Waals surface area contributed by atoms with Crippen LogP contribution in [0.15, 0.2) is 59.8 Å². The lowest BCUT2D eigenvalue weighted by Crippen LogP contribution is -2.42. The molecule has 1 unspecified atom stereocenters. The van der Waals surface area contributed by atoms with E-state index in [1.54, 1.807) is 22.9 Å². The first-order valence-electron chi connectivity index (χ1n) is 10.2. The van der Waals surface area contributed by atoms with Crippen molar-refractivity contribution in [3.8, 4) is 23.3 Å². The zero-order chi connectivity index (χ0) is 25.5. The molecule has 3 heterocycles. The van der Waals surface area contributed by atoms with Crippen LogP contribution < -0.4 is 4.72 Å². The van der Waals surface area contributed by atoms with Crippen LogP contribution in [0.25, 0.3) is 28.1 Å². The van der Waals surface area contributed by atoms with Gasteiger partial charge in [-0.3, -0.25) is 9.55 Å². The van der Waals surface area contributed by atoms with E-state index in [-0.39, 0.29) is 22.8 Å². The molecule has 4 aromatic rings. The monoisotopic (exact) mass is 503 g/mol. The fourth-order valence-corrected chi connectivity index (χ4v) is 4.74. The van der Waals surface area contributed by atoms with Crippen LogP contribution in [0, 0.1) is 24.1 Å². The number of hydrogen-bond acceptors (Lipinski definition) is 5. The van der Waals surface area contributed by atoms with Crippen molar-refractivity contribution in [1.29, 1.82) is 5.26 Å². The third-order valence-corrected chi connectivity index (χ3v) is 6.82. The first-order valence-corrected chi connectivity index (χ1v) is 11.6. The van der Waals surface area contributed by atoms with Crippen LogP contribution in [0.2, 0.25) is 0 Å². The lowest BCUT2D eigenvalue weighted by Gasteiger charge is -2.17. The normalized spacial score (nSPS) is 13.1. The van der Waals surface area contributed by atoms with E-state index in [0.717, 1.165) is 17.8 Å². The molecule has 7 nitrogen and oxygen atoms in total. The topological polar surface area (TPSA) is 101 Å². The van der Waals surface area contributed by atoms with E-state index < -0.39 is 33.0 Å². The second-order valence-electron chi connectivity index (χ2n) is 7.76. The molecule has 12 heteroatoms. The van der Waals surface area contributed by atoms with Gasteiger partial charge in [0.1, 0.15) is 17.0 Å². The third-order valence-electron chi connectivity index (χ3n) is 5.30. The summed E-state index contributed by atoms with van der Waals surface area (Å²) in [5, 5.41) is 10.4. The Kier molecular flexibility index (Phi) is 6.08. The number of nitriles is 1. The van der Waals surface area contributed by atoms with Crippen LogP contribution in [0.5, 0.6) is 0 Å². The van der Waals surface area contributed by atoms with Crippen LogP contribution in [0.3, 0.4) is 0 Å². The van der Waals surface area contributed by atoms with E-state index >= 15 is 0 Å². The van der Waals surface area contributed by atoms with E-state index in [9.17, 15) is 31.2 Å². The number of fused-ring (bicyclic) bond motifs is 1. The Morgan fingerprint density at radius 3 is 2.49 bits per heavy atom. The third kappa shape index (κ3) is 4.48. The number of rotatable bonds is 5. The highest BCUT2D eigenvalue weighted by atomic mass is 32.2. The van der Waals surface area contributed by atoms with Gasteiger partial charge < -0.3 is 0 Å². The van der Waals surface area contributed by atoms with Crippen molar-refractivity contribution in [2.75, 3.05) is 0 Å². The predicted molar refractivity (Wildman–Crippen MR) is 120 cm³/mol. The molecule has 0 spiro atoms. The van der Waals surface area contributed by atoms with Crippen molar-refractivity contribution in [2.24, 2.45) is 0 Å².